The number of benzene rings is 2. The molecule has 4 rings (SSSR count). The second kappa shape index (κ2) is 11.9. The molecular weight excluding hydrogens is 493 g/mol. The highest BCUT2D eigenvalue weighted by atomic mass is 32.2. The fraction of sp³-hybridized carbons (Fsp3) is 0.414. The summed E-state index contributed by atoms with van der Waals surface area (Å²) in [4.78, 5) is 31.7. The molecule has 3 atom stereocenters. The van der Waals surface area contributed by atoms with Gasteiger partial charge in [0.25, 0.3) is 0 Å². The second-order valence-corrected chi connectivity index (χ2v) is 10.5. The van der Waals surface area contributed by atoms with Gasteiger partial charge in [-0.05, 0) is 60.4 Å². The molecule has 1 unspecified atom stereocenters. The molecule has 6 nitrogen and oxygen atoms in total. The fourth-order valence-corrected chi connectivity index (χ4v) is 5.69. The predicted molar refractivity (Wildman–Crippen MR) is 143 cm³/mol. The van der Waals surface area contributed by atoms with Gasteiger partial charge in [-0.1, -0.05) is 25.1 Å². The second-order valence-electron chi connectivity index (χ2n) is 9.13. The van der Waals surface area contributed by atoms with Gasteiger partial charge < -0.3 is 14.2 Å². The molecule has 0 amide bonds. The third-order valence-corrected chi connectivity index (χ3v) is 7.77. The number of allylic oxidation sites excluding steroid dienone is 2. The maximum atomic E-state index is 14.3. The van der Waals surface area contributed by atoms with Crippen LogP contribution < -0.4 is 9.47 Å². The average Bonchev–Trinajstić information content (AvgIpc) is 2.89. The summed E-state index contributed by atoms with van der Waals surface area (Å²) in [6.45, 7) is 4.11. The lowest BCUT2D eigenvalue weighted by molar-refractivity contribution is -0.145. The highest BCUT2D eigenvalue weighted by Crippen LogP contribution is 2.47. The van der Waals surface area contributed by atoms with Gasteiger partial charge in [-0.25, -0.2) is 4.39 Å². The van der Waals surface area contributed by atoms with Gasteiger partial charge in [0.2, 0.25) is 0 Å². The number of Topliss-reactive ketones (excluding diaryl/α,β-unsaturated/α-hetero) is 1. The Kier molecular flexibility index (Phi) is 8.69. The number of aliphatic imine (C=N–C) groups is 1. The van der Waals surface area contributed by atoms with Crippen molar-refractivity contribution in [3.8, 4) is 11.5 Å². The van der Waals surface area contributed by atoms with E-state index in [4.69, 9.17) is 19.2 Å². The molecule has 8 heteroatoms. The minimum absolute atomic E-state index is 0.0918. The molecule has 0 N–H and O–H groups in total. The molecule has 0 fully saturated rings. The van der Waals surface area contributed by atoms with Gasteiger partial charge in [0, 0.05) is 35.1 Å². The molecule has 2 aliphatic rings. The summed E-state index contributed by atoms with van der Waals surface area (Å²) in [5, 5.41) is 0. The van der Waals surface area contributed by atoms with Gasteiger partial charge in [0.15, 0.2) is 17.3 Å². The van der Waals surface area contributed by atoms with Crippen molar-refractivity contribution in [3.05, 3.63) is 70.7 Å². The van der Waals surface area contributed by atoms with Gasteiger partial charge in [-0.3, -0.25) is 14.6 Å². The number of carbonyl (C=O) groups is 2. The Morgan fingerprint density at radius 2 is 1.86 bits per heavy atom. The van der Waals surface area contributed by atoms with Crippen LogP contribution in [-0.2, 0) is 14.3 Å². The molecule has 196 valence electrons. The topological polar surface area (TPSA) is 74.2 Å². The molecule has 0 radical (unpaired) electrons. The van der Waals surface area contributed by atoms with Crippen molar-refractivity contribution >= 4 is 29.2 Å². The van der Waals surface area contributed by atoms with E-state index in [-0.39, 0.29) is 24.7 Å². The molecule has 1 aliphatic heterocycles. The van der Waals surface area contributed by atoms with Crippen LogP contribution in [0.15, 0.2) is 58.7 Å². The summed E-state index contributed by atoms with van der Waals surface area (Å²) in [6.07, 6.45) is 0.776. The molecule has 2 aromatic carbocycles. The molecule has 0 saturated heterocycles. The van der Waals surface area contributed by atoms with Gasteiger partial charge in [0.05, 0.1) is 14.2 Å². The number of hydrogen-bond donors (Lipinski definition) is 0. The first-order valence-electron chi connectivity index (χ1n) is 12.4. The molecule has 1 aliphatic carbocycles. The lowest BCUT2D eigenvalue weighted by atomic mass is 9.69. The van der Waals surface area contributed by atoms with Crippen molar-refractivity contribution in [3.63, 3.8) is 0 Å². The number of carbonyl (C=O) groups excluding carboxylic acids is 2. The first kappa shape index (κ1) is 26.9. The SMILES string of the molecule is CCSCCOC(=O)C1C(C)=NC2=C(C(=O)C[C@H](c3ccc(OC)c(OC)c3)C2)[C@H]1c1cccc(F)c1. The largest absolute Gasteiger partial charge is 0.493 e. The van der Waals surface area contributed by atoms with Gasteiger partial charge in [-0.15, -0.1) is 0 Å². The summed E-state index contributed by atoms with van der Waals surface area (Å²) >= 11 is 1.68. The van der Waals surface area contributed by atoms with Crippen LogP contribution in [0.3, 0.4) is 0 Å². The zero-order valence-electron chi connectivity index (χ0n) is 21.6. The van der Waals surface area contributed by atoms with Crippen molar-refractivity contribution in [2.75, 3.05) is 32.3 Å². The molecule has 0 saturated carbocycles. The highest BCUT2D eigenvalue weighted by Gasteiger charge is 2.45. The van der Waals surface area contributed by atoms with Crippen LogP contribution in [0, 0.1) is 11.7 Å². The zero-order valence-corrected chi connectivity index (χ0v) is 22.4. The number of rotatable bonds is 9. The van der Waals surface area contributed by atoms with E-state index in [1.807, 2.05) is 25.1 Å². The Bertz CT molecular complexity index is 1240. The maximum absolute atomic E-state index is 14.3. The van der Waals surface area contributed by atoms with Crippen LogP contribution in [0.25, 0.3) is 0 Å². The monoisotopic (exact) mass is 525 g/mol. The van der Waals surface area contributed by atoms with E-state index in [2.05, 4.69) is 0 Å². The summed E-state index contributed by atoms with van der Waals surface area (Å²) in [5.74, 6) is 0.348. The smallest absolute Gasteiger partial charge is 0.315 e. The van der Waals surface area contributed by atoms with Crippen LogP contribution in [0.1, 0.15) is 49.7 Å². The lowest BCUT2D eigenvalue weighted by Crippen LogP contribution is -2.38. The summed E-state index contributed by atoms with van der Waals surface area (Å²) in [7, 11) is 3.15. The van der Waals surface area contributed by atoms with E-state index in [9.17, 15) is 14.0 Å². The molecule has 37 heavy (non-hydrogen) atoms. The number of ether oxygens (including phenoxy) is 3. The maximum Gasteiger partial charge on any atom is 0.315 e. The van der Waals surface area contributed by atoms with Crippen molar-refractivity contribution < 1.29 is 28.2 Å². The van der Waals surface area contributed by atoms with E-state index in [1.54, 1.807) is 45.0 Å². The number of nitrogens with zero attached hydrogens (tertiary/aromatic N) is 1. The van der Waals surface area contributed by atoms with Crippen molar-refractivity contribution in [1.82, 2.24) is 0 Å². The van der Waals surface area contributed by atoms with Crippen LogP contribution in [0.2, 0.25) is 0 Å². The van der Waals surface area contributed by atoms with Gasteiger partial charge >= 0.3 is 5.97 Å². The first-order valence-corrected chi connectivity index (χ1v) is 13.6. The average molecular weight is 526 g/mol. The lowest BCUT2D eigenvalue weighted by Gasteiger charge is -2.36. The number of halogens is 1. The van der Waals surface area contributed by atoms with Gasteiger partial charge in [-0.2, -0.15) is 11.8 Å². The highest BCUT2D eigenvalue weighted by molar-refractivity contribution is 7.99. The Hall–Kier alpha value is -3.13. The van der Waals surface area contributed by atoms with Crippen molar-refractivity contribution in [2.24, 2.45) is 10.9 Å². The Morgan fingerprint density at radius 1 is 1.08 bits per heavy atom. The Labute approximate surface area is 221 Å². The fourth-order valence-electron chi connectivity index (χ4n) is 5.20. The van der Waals surface area contributed by atoms with E-state index >= 15 is 0 Å². The molecular formula is C29H32FNO5S. The van der Waals surface area contributed by atoms with E-state index < -0.39 is 23.6 Å². The van der Waals surface area contributed by atoms with Crippen molar-refractivity contribution in [1.29, 1.82) is 0 Å². The molecule has 0 bridgehead atoms. The molecule has 2 aromatic rings. The molecule has 0 aromatic heterocycles. The standard InChI is InChI=1S/C29H32FNO5S/c1-5-37-12-11-36-29(33)26-17(2)31-22-14-20(18-9-10-24(34-3)25(16-18)35-4)15-23(32)28(22)27(26)19-7-6-8-21(30)13-19/h6-10,13,16,20,26-27H,5,11-12,14-15H2,1-4H3/t20-,26?,27+/m1/s1. The van der Waals surface area contributed by atoms with E-state index in [0.29, 0.717) is 46.2 Å². The van der Waals surface area contributed by atoms with E-state index in [0.717, 1.165) is 11.3 Å². The zero-order chi connectivity index (χ0) is 26.5. The number of hydrogen-bond acceptors (Lipinski definition) is 7. The predicted octanol–water partition coefficient (Wildman–Crippen LogP) is 5.71. The molecule has 0 spiro atoms. The Morgan fingerprint density at radius 3 is 2.57 bits per heavy atom. The van der Waals surface area contributed by atoms with Crippen LogP contribution in [0.5, 0.6) is 11.5 Å². The third-order valence-electron chi connectivity index (χ3n) is 6.91. The quantitative estimate of drug-likeness (QED) is 0.308. The minimum atomic E-state index is -0.784. The first-order chi connectivity index (χ1) is 17.9. The molecule has 1 heterocycles. The summed E-state index contributed by atoms with van der Waals surface area (Å²) in [6, 6.07) is 11.8. The summed E-state index contributed by atoms with van der Waals surface area (Å²) < 4.78 is 30.7. The number of esters is 1. The summed E-state index contributed by atoms with van der Waals surface area (Å²) in [5.41, 5.74) is 3.22. The number of thioether (sulfide) groups is 1. The van der Waals surface area contributed by atoms with Gasteiger partial charge in [0.1, 0.15) is 18.3 Å². The van der Waals surface area contributed by atoms with Crippen molar-refractivity contribution in [2.45, 2.75) is 38.5 Å². The number of ketones is 1. The van der Waals surface area contributed by atoms with Crippen LogP contribution in [0.4, 0.5) is 4.39 Å². The van der Waals surface area contributed by atoms with E-state index in [1.165, 1.54) is 12.1 Å². The Balaban J connectivity index is 1.71. The van der Waals surface area contributed by atoms with Crippen LogP contribution >= 0.6 is 11.8 Å². The van der Waals surface area contributed by atoms with Crippen LogP contribution in [-0.4, -0.2) is 49.8 Å². The number of methoxy groups -OCH3 is 2. The normalized spacial score (nSPS) is 21.3. The third kappa shape index (κ3) is 5.74. The minimum Gasteiger partial charge on any atom is -0.493 e.